The van der Waals surface area contributed by atoms with Crippen LogP contribution in [0, 0.1) is 13.8 Å². The number of aryl methyl sites for hydroxylation is 2. The monoisotopic (exact) mass is 350 g/mol. The number of carbonyl (C=O) groups excluding carboxylic acids is 1. The molecule has 26 heavy (non-hydrogen) atoms. The van der Waals surface area contributed by atoms with Gasteiger partial charge in [0.05, 0.1) is 6.61 Å². The molecule has 1 aliphatic carbocycles. The van der Waals surface area contributed by atoms with Gasteiger partial charge in [0.2, 0.25) is 0 Å². The van der Waals surface area contributed by atoms with E-state index in [4.69, 9.17) is 4.74 Å². The van der Waals surface area contributed by atoms with Gasteiger partial charge in [-0.2, -0.15) is 0 Å². The maximum atomic E-state index is 11.5. The zero-order chi connectivity index (χ0) is 18.7. The minimum absolute atomic E-state index is 0.0621. The standard InChI is InChI=1S/C24H30O2/c1-5-26-23(25)9-7-6-8-14-24(4)21-15-17(2)10-12-19(21)20-13-11-18(3)16-22(20)24/h10-13,15-16H,5-9,14H2,1-4H3. The van der Waals surface area contributed by atoms with Crippen LogP contribution in [0.25, 0.3) is 11.1 Å². The molecule has 138 valence electrons. The van der Waals surface area contributed by atoms with E-state index in [1.165, 1.54) is 33.4 Å². The van der Waals surface area contributed by atoms with Crippen molar-refractivity contribution in [2.75, 3.05) is 6.61 Å². The summed E-state index contributed by atoms with van der Waals surface area (Å²) < 4.78 is 5.02. The molecule has 0 unspecified atom stereocenters. The summed E-state index contributed by atoms with van der Waals surface area (Å²) in [6.45, 7) is 9.07. The van der Waals surface area contributed by atoms with Gasteiger partial charge in [-0.25, -0.2) is 0 Å². The van der Waals surface area contributed by atoms with Gasteiger partial charge >= 0.3 is 5.97 Å². The molecular formula is C24H30O2. The van der Waals surface area contributed by atoms with E-state index >= 15 is 0 Å². The second-order valence-corrected chi connectivity index (χ2v) is 7.80. The number of benzene rings is 2. The van der Waals surface area contributed by atoms with Crippen LogP contribution in [0.5, 0.6) is 0 Å². The maximum Gasteiger partial charge on any atom is 0.305 e. The summed E-state index contributed by atoms with van der Waals surface area (Å²) in [6, 6.07) is 13.7. The second-order valence-electron chi connectivity index (χ2n) is 7.80. The lowest BCUT2D eigenvalue weighted by Crippen LogP contribution is -2.21. The lowest BCUT2D eigenvalue weighted by Gasteiger charge is -2.28. The van der Waals surface area contributed by atoms with E-state index in [1.807, 2.05) is 6.92 Å². The zero-order valence-corrected chi connectivity index (χ0v) is 16.5. The molecule has 2 aromatic carbocycles. The fraction of sp³-hybridized carbons (Fsp3) is 0.458. The third-order valence-electron chi connectivity index (χ3n) is 5.69. The molecule has 0 spiro atoms. The van der Waals surface area contributed by atoms with Crippen LogP contribution in [0.2, 0.25) is 0 Å². The minimum atomic E-state index is -0.0680. The highest BCUT2D eigenvalue weighted by molar-refractivity contribution is 5.81. The molecule has 0 saturated heterocycles. The summed E-state index contributed by atoms with van der Waals surface area (Å²) in [4.78, 5) is 11.5. The number of fused-ring (bicyclic) bond motifs is 3. The topological polar surface area (TPSA) is 26.3 Å². The summed E-state index contributed by atoms with van der Waals surface area (Å²) in [5, 5.41) is 0. The van der Waals surface area contributed by atoms with E-state index in [-0.39, 0.29) is 11.4 Å². The van der Waals surface area contributed by atoms with Gasteiger partial charge in [0.25, 0.3) is 0 Å². The highest BCUT2D eigenvalue weighted by Gasteiger charge is 2.38. The number of unbranched alkanes of at least 4 members (excludes halogenated alkanes) is 2. The summed E-state index contributed by atoms with van der Waals surface area (Å²) in [6.07, 6.45) is 4.75. The first-order valence-corrected chi connectivity index (χ1v) is 9.84. The van der Waals surface area contributed by atoms with Crippen molar-refractivity contribution in [3.8, 4) is 11.1 Å². The van der Waals surface area contributed by atoms with E-state index in [1.54, 1.807) is 0 Å². The summed E-state index contributed by atoms with van der Waals surface area (Å²) in [5.41, 5.74) is 8.40. The Morgan fingerprint density at radius 2 is 1.50 bits per heavy atom. The van der Waals surface area contributed by atoms with Crippen molar-refractivity contribution in [2.24, 2.45) is 0 Å². The lowest BCUT2D eigenvalue weighted by molar-refractivity contribution is -0.143. The molecule has 0 amide bonds. The number of rotatable bonds is 7. The Labute approximate surface area is 157 Å². The van der Waals surface area contributed by atoms with Crippen LogP contribution in [-0.4, -0.2) is 12.6 Å². The maximum absolute atomic E-state index is 11.5. The number of esters is 1. The highest BCUT2D eigenvalue weighted by atomic mass is 16.5. The number of ether oxygens (including phenoxy) is 1. The normalized spacial score (nSPS) is 14.0. The molecule has 0 heterocycles. The minimum Gasteiger partial charge on any atom is -0.466 e. The summed E-state index contributed by atoms with van der Waals surface area (Å²) in [5.74, 6) is -0.0680. The van der Waals surface area contributed by atoms with E-state index in [0.29, 0.717) is 13.0 Å². The molecule has 2 nitrogen and oxygen atoms in total. The molecule has 2 aromatic rings. The average Bonchev–Trinajstić information content (AvgIpc) is 2.83. The van der Waals surface area contributed by atoms with Gasteiger partial charge in [0, 0.05) is 11.8 Å². The lowest BCUT2D eigenvalue weighted by atomic mass is 9.75. The molecule has 0 saturated carbocycles. The van der Waals surface area contributed by atoms with Gasteiger partial charge < -0.3 is 4.74 Å². The van der Waals surface area contributed by atoms with Gasteiger partial charge in [-0.3, -0.25) is 4.79 Å². The predicted octanol–water partition coefficient (Wildman–Crippen LogP) is 6.10. The van der Waals surface area contributed by atoms with Gasteiger partial charge in [-0.15, -0.1) is 0 Å². The number of hydrogen-bond donors (Lipinski definition) is 0. The molecule has 0 aromatic heterocycles. The first kappa shape index (κ1) is 18.7. The quantitative estimate of drug-likeness (QED) is 0.445. The van der Waals surface area contributed by atoms with E-state index in [2.05, 4.69) is 57.2 Å². The van der Waals surface area contributed by atoms with Crippen molar-refractivity contribution in [3.05, 3.63) is 58.7 Å². The molecule has 0 radical (unpaired) electrons. The highest BCUT2D eigenvalue weighted by Crippen LogP contribution is 2.51. The molecule has 0 fully saturated rings. The Bertz CT molecular complexity index is 752. The van der Waals surface area contributed by atoms with Crippen LogP contribution in [0.15, 0.2) is 36.4 Å². The molecule has 0 aliphatic heterocycles. The second kappa shape index (κ2) is 7.65. The first-order valence-electron chi connectivity index (χ1n) is 9.84. The SMILES string of the molecule is CCOC(=O)CCCCCC1(C)c2cc(C)ccc2-c2ccc(C)cc21. The Balaban J connectivity index is 1.76. The zero-order valence-electron chi connectivity index (χ0n) is 16.5. The van der Waals surface area contributed by atoms with E-state index < -0.39 is 0 Å². The van der Waals surface area contributed by atoms with Crippen LogP contribution in [0.4, 0.5) is 0 Å². The predicted molar refractivity (Wildman–Crippen MR) is 108 cm³/mol. The van der Waals surface area contributed by atoms with Crippen LogP contribution < -0.4 is 0 Å². The molecule has 3 rings (SSSR count). The molecule has 0 N–H and O–H groups in total. The average molecular weight is 351 g/mol. The van der Waals surface area contributed by atoms with Crippen molar-refractivity contribution in [1.29, 1.82) is 0 Å². The largest absolute Gasteiger partial charge is 0.466 e. The Morgan fingerprint density at radius 1 is 0.923 bits per heavy atom. The van der Waals surface area contributed by atoms with Crippen molar-refractivity contribution in [3.63, 3.8) is 0 Å². The molecule has 2 heteroatoms. The summed E-state index contributed by atoms with van der Waals surface area (Å²) in [7, 11) is 0. The Kier molecular flexibility index (Phi) is 5.50. The van der Waals surface area contributed by atoms with Crippen LogP contribution in [-0.2, 0) is 14.9 Å². The number of hydrogen-bond acceptors (Lipinski definition) is 2. The van der Waals surface area contributed by atoms with Gasteiger partial charge in [0.1, 0.15) is 0 Å². The fourth-order valence-electron chi connectivity index (χ4n) is 4.27. The molecule has 0 bridgehead atoms. The van der Waals surface area contributed by atoms with Gasteiger partial charge in [0.15, 0.2) is 0 Å². The van der Waals surface area contributed by atoms with Gasteiger partial charge in [-0.1, -0.05) is 67.3 Å². The van der Waals surface area contributed by atoms with Crippen LogP contribution in [0.1, 0.15) is 68.2 Å². The fourth-order valence-corrected chi connectivity index (χ4v) is 4.27. The van der Waals surface area contributed by atoms with Gasteiger partial charge in [-0.05, 0) is 55.9 Å². The van der Waals surface area contributed by atoms with E-state index in [9.17, 15) is 4.79 Å². The van der Waals surface area contributed by atoms with Crippen LogP contribution >= 0.6 is 0 Å². The first-order chi connectivity index (χ1) is 12.5. The summed E-state index contributed by atoms with van der Waals surface area (Å²) >= 11 is 0. The van der Waals surface area contributed by atoms with Crippen molar-refractivity contribution >= 4 is 5.97 Å². The Morgan fingerprint density at radius 3 is 2.04 bits per heavy atom. The molecule has 1 aliphatic rings. The van der Waals surface area contributed by atoms with Crippen molar-refractivity contribution in [1.82, 2.24) is 0 Å². The third-order valence-corrected chi connectivity index (χ3v) is 5.69. The Hall–Kier alpha value is -2.09. The molecular weight excluding hydrogens is 320 g/mol. The van der Waals surface area contributed by atoms with E-state index in [0.717, 1.165) is 25.7 Å². The third kappa shape index (κ3) is 3.56. The van der Waals surface area contributed by atoms with Crippen molar-refractivity contribution < 1.29 is 9.53 Å². The number of carbonyl (C=O) groups is 1. The molecule has 0 atom stereocenters. The van der Waals surface area contributed by atoms with Crippen LogP contribution in [0.3, 0.4) is 0 Å². The van der Waals surface area contributed by atoms with Crippen molar-refractivity contribution in [2.45, 2.75) is 65.2 Å². The smallest absolute Gasteiger partial charge is 0.305 e.